The molecule has 1 fully saturated rings. The summed E-state index contributed by atoms with van der Waals surface area (Å²) in [5, 5.41) is 15.8. The molecule has 0 unspecified atom stereocenters. The first kappa shape index (κ1) is 23.9. The molecule has 4 rings (SSSR count). The predicted molar refractivity (Wildman–Crippen MR) is 135 cm³/mol. The molecule has 1 aliphatic heterocycles. The van der Waals surface area contributed by atoms with Gasteiger partial charge in [0.2, 0.25) is 0 Å². The number of carbonyl (C=O) groups excluding carboxylic acids is 2. The second-order valence-electron chi connectivity index (χ2n) is 8.60. The summed E-state index contributed by atoms with van der Waals surface area (Å²) in [4.78, 5) is 29.9. The average molecular weight is 523 g/mol. The molecule has 3 aromatic rings. The molecule has 0 saturated carbocycles. The van der Waals surface area contributed by atoms with Gasteiger partial charge in [-0.25, -0.2) is 4.68 Å². The van der Waals surface area contributed by atoms with Gasteiger partial charge < -0.3 is 14.9 Å². The minimum absolute atomic E-state index is 0.0867. The molecule has 2 aromatic carbocycles. The molecule has 0 spiro atoms. The zero-order valence-corrected chi connectivity index (χ0v) is 21.0. The SMILES string of the molecule is Cc1c(/C(O)=C2\C(=O)C(=O)N(CCCN(C)C)[C@@H]2c2cccc(Br)c2)cnn1-c1ccccc1. The number of nitrogens with zero attached hydrogens (tertiary/aromatic N) is 4. The number of ketones is 1. The zero-order valence-electron chi connectivity index (χ0n) is 19.4. The van der Waals surface area contributed by atoms with E-state index in [2.05, 4.69) is 21.0 Å². The van der Waals surface area contributed by atoms with Crippen LogP contribution in [-0.4, -0.2) is 63.6 Å². The molecule has 1 N–H and O–H groups in total. The fourth-order valence-corrected chi connectivity index (χ4v) is 4.72. The van der Waals surface area contributed by atoms with E-state index in [0.717, 1.165) is 22.3 Å². The summed E-state index contributed by atoms with van der Waals surface area (Å²) in [6.45, 7) is 3.01. The summed E-state index contributed by atoms with van der Waals surface area (Å²) in [6.07, 6.45) is 2.24. The second-order valence-corrected chi connectivity index (χ2v) is 9.51. The average Bonchev–Trinajstić information content (AvgIpc) is 3.32. The van der Waals surface area contributed by atoms with Gasteiger partial charge in [0.25, 0.3) is 11.7 Å². The van der Waals surface area contributed by atoms with E-state index < -0.39 is 17.7 Å². The van der Waals surface area contributed by atoms with E-state index in [0.29, 0.717) is 24.2 Å². The highest BCUT2D eigenvalue weighted by atomic mass is 79.9. The van der Waals surface area contributed by atoms with Crippen LogP contribution in [0.25, 0.3) is 11.4 Å². The number of likely N-dealkylation sites (tertiary alicyclic amines) is 1. The molecule has 8 heteroatoms. The van der Waals surface area contributed by atoms with Crippen LogP contribution < -0.4 is 0 Å². The highest BCUT2D eigenvalue weighted by Crippen LogP contribution is 2.40. The number of hydrogen-bond donors (Lipinski definition) is 1. The number of rotatable bonds is 7. The van der Waals surface area contributed by atoms with Crippen molar-refractivity contribution in [2.75, 3.05) is 27.2 Å². The van der Waals surface area contributed by atoms with Crippen molar-refractivity contribution in [2.24, 2.45) is 0 Å². The van der Waals surface area contributed by atoms with Crippen LogP contribution >= 0.6 is 15.9 Å². The fourth-order valence-electron chi connectivity index (χ4n) is 4.31. The van der Waals surface area contributed by atoms with Crippen LogP contribution in [0.1, 0.15) is 29.3 Å². The summed E-state index contributed by atoms with van der Waals surface area (Å²) in [5.74, 6) is -1.49. The van der Waals surface area contributed by atoms with Crippen LogP contribution in [0, 0.1) is 6.92 Å². The smallest absolute Gasteiger partial charge is 0.295 e. The third kappa shape index (κ3) is 4.56. The molecule has 1 aliphatic rings. The van der Waals surface area contributed by atoms with Crippen LogP contribution in [0.3, 0.4) is 0 Å². The molecule has 0 radical (unpaired) electrons. The Morgan fingerprint density at radius 1 is 1.12 bits per heavy atom. The van der Waals surface area contributed by atoms with Crippen molar-refractivity contribution in [3.8, 4) is 5.69 Å². The third-order valence-electron chi connectivity index (χ3n) is 5.97. The largest absolute Gasteiger partial charge is 0.507 e. The standard InChI is InChI=1S/C26H27BrN4O3/c1-17-21(16-28-31(17)20-11-5-4-6-12-20)24(32)22-23(18-9-7-10-19(27)15-18)30(26(34)25(22)33)14-8-13-29(2)3/h4-7,9-12,15-16,23,32H,8,13-14H2,1-3H3/b24-22+/t23-/m1/s1. The van der Waals surface area contributed by atoms with Crippen LogP contribution in [0.2, 0.25) is 0 Å². The van der Waals surface area contributed by atoms with Gasteiger partial charge in [-0.05, 0) is 63.8 Å². The number of aliphatic hydroxyl groups excluding tert-OH is 1. The lowest BCUT2D eigenvalue weighted by atomic mass is 9.95. The van der Waals surface area contributed by atoms with E-state index in [1.807, 2.05) is 80.5 Å². The highest BCUT2D eigenvalue weighted by molar-refractivity contribution is 9.10. The Kier molecular flexibility index (Phi) is 7.00. The van der Waals surface area contributed by atoms with Gasteiger partial charge in [-0.3, -0.25) is 9.59 Å². The van der Waals surface area contributed by atoms with Gasteiger partial charge in [0, 0.05) is 11.0 Å². The molecule has 176 valence electrons. The Balaban J connectivity index is 1.81. The van der Waals surface area contributed by atoms with Crippen molar-refractivity contribution in [2.45, 2.75) is 19.4 Å². The number of carbonyl (C=O) groups is 2. The Morgan fingerprint density at radius 2 is 1.85 bits per heavy atom. The number of aliphatic hydroxyl groups is 1. The number of para-hydroxylation sites is 1. The predicted octanol–water partition coefficient (Wildman–Crippen LogP) is 4.32. The lowest BCUT2D eigenvalue weighted by molar-refractivity contribution is -0.139. The number of Topliss-reactive ketones (excluding diaryl/α,β-unsaturated/α-hetero) is 1. The number of amides is 1. The molecule has 0 bridgehead atoms. The maximum Gasteiger partial charge on any atom is 0.295 e. The summed E-state index contributed by atoms with van der Waals surface area (Å²) in [7, 11) is 3.93. The van der Waals surface area contributed by atoms with Crippen molar-refractivity contribution in [3.63, 3.8) is 0 Å². The summed E-state index contributed by atoms with van der Waals surface area (Å²) < 4.78 is 2.54. The van der Waals surface area contributed by atoms with E-state index in [1.54, 1.807) is 9.58 Å². The molecular weight excluding hydrogens is 496 g/mol. The maximum atomic E-state index is 13.2. The number of hydrogen-bond acceptors (Lipinski definition) is 5. The fraction of sp³-hybridized carbons (Fsp3) is 0.269. The topological polar surface area (TPSA) is 78.7 Å². The minimum atomic E-state index is -0.681. The maximum absolute atomic E-state index is 13.2. The van der Waals surface area contributed by atoms with Gasteiger partial charge in [-0.2, -0.15) is 5.10 Å². The van der Waals surface area contributed by atoms with E-state index in [-0.39, 0.29) is 11.3 Å². The van der Waals surface area contributed by atoms with Gasteiger partial charge in [0.05, 0.1) is 34.8 Å². The van der Waals surface area contributed by atoms with E-state index >= 15 is 0 Å². The first-order valence-electron chi connectivity index (χ1n) is 11.1. The summed E-state index contributed by atoms with van der Waals surface area (Å²) in [6, 6.07) is 16.4. The molecule has 2 heterocycles. The molecule has 1 amide bonds. The van der Waals surface area contributed by atoms with Gasteiger partial charge in [-0.1, -0.05) is 46.3 Å². The zero-order chi connectivity index (χ0) is 24.4. The minimum Gasteiger partial charge on any atom is -0.507 e. The van der Waals surface area contributed by atoms with Crippen molar-refractivity contribution >= 4 is 33.4 Å². The Bertz CT molecular complexity index is 1250. The van der Waals surface area contributed by atoms with Crippen LogP contribution in [-0.2, 0) is 9.59 Å². The summed E-state index contributed by atoms with van der Waals surface area (Å²) in [5.41, 5.74) is 2.79. The second kappa shape index (κ2) is 9.95. The normalized spacial score (nSPS) is 17.7. The van der Waals surface area contributed by atoms with Gasteiger partial charge in [0.1, 0.15) is 5.76 Å². The van der Waals surface area contributed by atoms with Crippen LogP contribution in [0.4, 0.5) is 0 Å². The molecular formula is C26H27BrN4O3. The third-order valence-corrected chi connectivity index (χ3v) is 6.47. The van der Waals surface area contributed by atoms with Gasteiger partial charge >= 0.3 is 0 Å². The Labute approximate surface area is 207 Å². The van der Waals surface area contributed by atoms with Crippen molar-refractivity contribution in [1.82, 2.24) is 19.6 Å². The highest BCUT2D eigenvalue weighted by Gasteiger charge is 2.46. The quantitative estimate of drug-likeness (QED) is 0.284. The number of benzene rings is 2. The molecule has 34 heavy (non-hydrogen) atoms. The van der Waals surface area contributed by atoms with Crippen LogP contribution in [0.5, 0.6) is 0 Å². The monoisotopic (exact) mass is 522 g/mol. The lowest BCUT2D eigenvalue weighted by Gasteiger charge is -2.26. The number of halogens is 1. The Morgan fingerprint density at radius 3 is 2.53 bits per heavy atom. The molecule has 0 aliphatic carbocycles. The first-order valence-corrected chi connectivity index (χ1v) is 11.9. The Hall–Kier alpha value is -3.23. The number of aromatic nitrogens is 2. The van der Waals surface area contributed by atoms with Crippen molar-refractivity contribution in [3.05, 3.63) is 87.7 Å². The van der Waals surface area contributed by atoms with Gasteiger partial charge in [-0.15, -0.1) is 0 Å². The molecule has 7 nitrogen and oxygen atoms in total. The van der Waals surface area contributed by atoms with Crippen molar-refractivity contribution in [1.29, 1.82) is 0 Å². The first-order chi connectivity index (χ1) is 16.3. The molecule has 1 aromatic heterocycles. The van der Waals surface area contributed by atoms with Gasteiger partial charge in [0.15, 0.2) is 0 Å². The van der Waals surface area contributed by atoms with Crippen LogP contribution in [0.15, 0.2) is 70.8 Å². The van der Waals surface area contributed by atoms with Crippen molar-refractivity contribution < 1.29 is 14.7 Å². The van der Waals surface area contributed by atoms with E-state index in [1.165, 1.54) is 6.20 Å². The summed E-state index contributed by atoms with van der Waals surface area (Å²) >= 11 is 3.49. The lowest BCUT2D eigenvalue weighted by Crippen LogP contribution is -2.32. The molecule has 1 atom stereocenters. The van der Waals surface area contributed by atoms with E-state index in [9.17, 15) is 14.7 Å². The molecule has 1 saturated heterocycles. The van der Waals surface area contributed by atoms with E-state index in [4.69, 9.17) is 0 Å².